The largest absolute Gasteiger partial charge is 0.480 e. The number of hydrogen-bond donors (Lipinski definition) is 2. The lowest BCUT2D eigenvalue weighted by Crippen LogP contribution is -2.11. The molecule has 0 aliphatic heterocycles. The first kappa shape index (κ1) is 6.16. The van der Waals surface area contributed by atoms with Crippen LogP contribution in [0.4, 0.5) is 0 Å². The summed E-state index contributed by atoms with van der Waals surface area (Å²) in [7, 11) is 0. The Balaban J connectivity index is 2.83. The summed E-state index contributed by atoms with van der Waals surface area (Å²) in [6.07, 6.45) is 0. The molecule has 4 heteroatoms. The molecule has 3 nitrogen and oxygen atoms in total. The van der Waals surface area contributed by atoms with Crippen molar-refractivity contribution in [3.8, 4) is 0 Å². The van der Waals surface area contributed by atoms with Gasteiger partial charge >= 0.3 is 5.97 Å². The molecule has 0 aromatic rings. The van der Waals surface area contributed by atoms with Gasteiger partial charge in [-0.3, -0.25) is 4.79 Å². The molecule has 0 heterocycles. The minimum atomic E-state index is -0.829. The van der Waals surface area contributed by atoms with Gasteiger partial charge in [0.15, 0.2) is 0 Å². The van der Waals surface area contributed by atoms with Crippen LogP contribution in [-0.2, 0) is 4.79 Å². The topological polar surface area (TPSA) is 49.3 Å². The van der Waals surface area contributed by atoms with E-state index in [4.69, 9.17) is 5.11 Å². The second-order valence-electron chi connectivity index (χ2n) is 0.704. The molecular formula is C2H4INO2. The summed E-state index contributed by atoms with van der Waals surface area (Å²) in [5, 5.41) is 7.85. The molecule has 0 aromatic heterocycles. The first-order valence-electron chi connectivity index (χ1n) is 1.32. The van der Waals surface area contributed by atoms with Crippen molar-refractivity contribution in [2.75, 3.05) is 6.54 Å². The van der Waals surface area contributed by atoms with Crippen LogP contribution < -0.4 is 3.53 Å². The van der Waals surface area contributed by atoms with Crippen LogP contribution in [0.15, 0.2) is 0 Å². The third-order valence-corrected chi connectivity index (χ3v) is 0.599. The number of aliphatic carboxylic acids is 1. The monoisotopic (exact) mass is 201 g/mol. The fourth-order valence-corrected chi connectivity index (χ4v) is 0.383. The highest BCUT2D eigenvalue weighted by Crippen LogP contribution is 1.65. The summed E-state index contributed by atoms with van der Waals surface area (Å²) in [5.74, 6) is -0.829. The van der Waals surface area contributed by atoms with Crippen molar-refractivity contribution in [1.82, 2.24) is 3.53 Å². The van der Waals surface area contributed by atoms with Crippen LogP contribution in [0, 0.1) is 0 Å². The number of carboxylic acid groups (broad SMARTS) is 1. The van der Waals surface area contributed by atoms with Crippen LogP contribution in [0.3, 0.4) is 0 Å². The van der Waals surface area contributed by atoms with Crippen molar-refractivity contribution in [1.29, 1.82) is 0 Å². The smallest absolute Gasteiger partial charge is 0.318 e. The van der Waals surface area contributed by atoms with E-state index in [1.54, 1.807) is 22.9 Å². The predicted molar refractivity (Wildman–Crippen MR) is 29.7 cm³/mol. The lowest BCUT2D eigenvalue weighted by Gasteiger charge is -1.81. The molecule has 0 rings (SSSR count). The molecular weight excluding hydrogens is 197 g/mol. The molecule has 0 fully saturated rings. The summed E-state index contributed by atoms with van der Waals surface area (Å²) >= 11 is 1.77. The van der Waals surface area contributed by atoms with Gasteiger partial charge in [-0.2, -0.15) is 0 Å². The van der Waals surface area contributed by atoms with E-state index in [2.05, 4.69) is 3.53 Å². The highest BCUT2D eigenvalue weighted by Gasteiger charge is 1.87. The van der Waals surface area contributed by atoms with Crippen molar-refractivity contribution in [3.05, 3.63) is 0 Å². The van der Waals surface area contributed by atoms with E-state index < -0.39 is 5.97 Å². The number of nitrogens with one attached hydrogen (secondary N) is 1. The Kier molecular flexibility index (Phi) is 3.44. The van der Waals surface area contributed by atoms with Crippen molar-refractivity contribution >= 4 is 28.8 Å². The first-order valence-corrected chi connectivity index (χ1v) is 2.40. The summed E-state index contributed by atoms with van der Waals surface area (Å²) in [5.41, 5.74) is 0. The minimum absolute atomic E-state index is 0.0283. The molecule has 0 saturated heterocycles. The molecule has 0 aliphatic rings. The van der Waals surface area contributed by atoms with Gasteiger partial charge in [-0.05, 0) is 0 Å². The van der Waals surface area contributed by atoms with Gasteiger partial charge in [0.1, 0.15) is 6.54 Å². The van der Waals surface area contributed by atoms with Gasteiger partial charge in [0.05, 0.1) is 0 Å². The summed E-state index contributed by atoms with van der Waals surface area (Å²) in [6, 6.07) is 0. The van der Waals surface area contributed by atoms with Crippen LogP contribution in [0.25, 0.3) is 0 Å². The number of carboxylic acids is 1. The van der Waals surface area contributed by atoms with Crippen molar-refractivity contribution in [2.45, 2.75) is 0 Å². The average Bonchev–Trinajstić information content (AvgIpc) is 1.35. The molecule has 0 amide bonds. The molecule has 0 unspecified atom stereocenters. The quantitative estimate of drug-likeness (QED) is 0.488. The Morgan fingerprint density at radius 3 is 2.50 bits per heavy atom. The molecule has 2 N–H and O–H groups in total. The normalized spacial score (nSPS) is 8.17. The van der Waals surface area contributed by atoms with Gasteiger partial charge in [0, 0.05) is 22.9 Å². The number of rotatable bonds is 2. The fraction of sp³-hybridized carbons (Fsp3) is 0.500. The summed E-state index contributed by atoms with van der Waals surface area (Å²) in [4.78, 5) is 9.53. The number of halogens is 1. The molecule has 0 aliphatic carbocycles. The van der Waals surface area contributed by atoms with Gasteiger partial charge in [-0.1, -0.05) is 0 Å². The average molecular weight is 201 g/mol. The van der Waals surface area contributed by atoms with E-state index in [1.165, 1.54) is 0 Å². The Bertz CT molecular complexity index is 55.5. The first-order chi connectivity index (χ1) is 2.77. The van der Waals surface area contributed by atoms with Crippen molar-refractivity contribution in [3.63, 3.8) is 0 Å². The molecule has 0 saturated carbocycles. The highest BCUT2D eigenvalue weighted by molar-refractivity contribution is 14.1. The zero-order valence-corrected chi connectivity index (χ0v) is 5.10. The zero-order chi connectivity index (χ0) is 4.99. The van der Waals surface area contributed by atoms with Gasteiger partial charge in [-0.25, -0.2) is 3.53 Å². The van der Waals surface area contributed by atoms with E-state index in [-0.39, 0.29) is 6.54 Å². The standard InChI is InChI=1S/C2H4INO2/c3-4-1-2(5)6/h4H,1H2,(H,5,6). The second-order valence-corrected chi connectivity index (χ2v) is 1.47. The van der Waals surface area contributed by atoms with Crippen LogP contribution in [0.5, 0.6) is 0 Å². The van der Waals surface area contributed by atoms with E-state index >= 15 is 0 Å². The van der Waals surface area contributed by atoms with Gasteiger partial charge in [0.25, 0.3) is 0 Å². The lowest BCUT2D eigenvalue weighted by atomic mass is 10.7. The molecule has 0 radical (unpaired) electrons. The minimum Gasteiger partial charge on any atom is -0.480 e. The number of hydrogen-bond acceptors (Lipinski definition) is 2. The molecule has 0 bridgehead atoms. The Morgan fingerprint density at radius 2 is 2.50 bits per heavy atom. The predicted octanol–water partition coefficient (Wildman–Crippen LogP) is 0.0106. The third-order valence-electron chi connectivity index (χ3n) is 0.218. The lowest BCUT2D eigenvalue weighted by molar-refractivity contribution is -0.135. The maximum absolute atomic E-state index is 9.53. The Hall–Kier alpha value is 0.160. The maximum Gasteiger partial charge on any atom is 0.318 e. The van der Waals surface area contributed by atoms with Crippen LogP contribution in [0.1, 0.15) is 0 Å². The fourth-order valence-electron chi connectivity index (χ4n) is 0.0572. The summed E-state index contributed by atoms with van der Waals surface area (Å²) < 4.78 is 2.44. The van der Waals surface area contributed by atoms with E-state index in [0.717, 1.165) is 0 Å². The van der Waals surface area contributed by atoms with Crippen molar-refractivity contribution in [2.24, 2.45) is 0 Å². The molecule has 6 heavy (non-hydrogen) atoms. The highest BCUT2D eigenvalue weighted by atomic mass is 127. The molecule has 36 valence electrons. The maximum atomic E-state index is 9.53. The van der Waals surface area contributed by atoms with Gasteiger partial charge in [-0.15, -0.1) is 0 Å². The molecule has 0 aromatic carbocycles. The summed E-state index contributed by atoms with van der Waals surface area (Å²) in [6.45, 7) is 0.0283. The SMILES string of the molecule is O=C(O)CNI. The van der Waals surface area contributed by atoms with Crippen LogP contribution in [0.2, 0.25) is 0 Å². The zero-order valence-electron chi connectivity index (χ0n) is 2.94. The third kappa shape index (κ3) is 4.16. The Morgan fingerprint density at radius 1 is 2.00 bits per heavy atom. The van der Waals surface area contributed by atoms with Crippen LogP contribution >= 0.6 is 22.9 Å². The van der Waals surface area contributed by atoms with Crippen molar-refractivity contribution < 1.29 is 9.90 Å². The molecule has 0 atom stereocenters. The van der Waals surface area contributed by atoms with Gasteiger partial charge < -0.3 is 5.11 Å². The molecule has 0 spiro atoms. The van der Waals surface area contributed by atoms with E-state index in [9.17, 15) is 4.79 Å². The Labute approximate surface area is 49.2 Å². The van der Waals surface area contributed by atoms with E-state index in [0.29, 0.717) is 0 Å². The van der Waals surface area contributed by atoms with Crippen LogP contribution in [-0.4, -0.2) is 17.6 Å². The van der Waals surface area contributed by atoms with Gasteiger partial charge in [0.2, 0.25) is 0 Å². The second kappa shape index (κ2) is 3.35. The number of carbonyl (C=O) groups is 1. The van der Waals surface area contributed by atoms with E-state index in [1.807, 2.05) is 0 Å².